The highest BCUT2D eigenvalue weighted by atomic mass is 16.6. The highest BCUT2D eigenvalue weighted by molar-refractivity contribution is 5.98. The maximum absolute atomic E-state index is 12.1. The van der Waals surface area contributed by atoms with Crippen molar-refractivity contribution < 1.29 is 19.9 Å². The van der Waals surface area contributed by atoms with Gasteiger partial charge in [0.25, 0.3) is 5.91 Å². The van der Waals surface area contributed by atoms with Crippen molar-refractivity contribution in [3.05, 3.63) is 46.5 Å². The molecule has 1 amide bonds. The van der Waals surface area contributed by atoms with Gasteiger partial charge in [0.05, 0.1) is 17.1 Å². The van der Waals surface area contributed by atoms with Crippen LogP contribution in [0, 0.1) is 10.1 Å². The van der Waals surface area contributed by atoms with E-state index in [1.807, 2.05) is 0 Å². The fraction of sp³-hybridized carbons (Fsp3) is 0.250. The SMILES string of the molecule is C=CCN(CCO)C(=O)c1cccc([N+](=O)[O-])c1O. The summed E-state index contributed by atoms with van der Waals surface area (Å²) >= 11 is 0. The van der Waals surface area contributed by atoms with Gasteiger partial charge in [-0.05, 0) is 6.07 Å². The number of amides is 1. The summed E-state index contributed by atoms with van der Waals surface area (Å²) in [5.74, 6) is -1.28. The minimum absolute atomic E-state index is 0.0486. The van der Waals surface area contributed by atoms with Gasteiger partial charge in [0.2, 0.25) is 5.75 Å². The molecule has 0 spiro atoms. The van der Waals surface area contributed by atoms with E-state index >= 15 is 0 Å². The number of aliphatic hydroxyl groups excluding tert-OH is 1. The van der Waals surface area contributed by atoms with E-state index in [1.165, 1.54) is 23.1 Å². The van der Waals surface area contributed by atoms with Gasteiger partial charge < -0.3 is 15.1 Å². The van der Waals surface area contributed by atoms with Crippen LogP contribution in [-0.4, -0.2) is 45.6 Å². The summed E-state index contributed by atoms with van der Waals surface area (Å²) in [5, 5.41) is 29.3. The molecule has 0 unspecified atom stereocenters. The largest absolute Gasteiger partial charge is 0.502 e. The van der Waals surface area contributed by atoms with E-state index in [4.69, 9.17) is 5.11 Å². The number of carbonyl (C=O) groups excluding carboxylic acids is 1. The number of phenolic OH excluding ortho intramolecular Hbond substituents is 1. The molecule has 0 radical (unpaired) electrons. The van der Waals surface area contributed by atoms with Crippen LogP contribution in [0.4, 0.5) is 5.69 Å². The number of phenols is 1. The number of hydrogen-bond donors (Lipinski definition) is 2. The lowest BCUT2D eigenvalue weighted by molar-refractivity contribution is -0.385. The maximum Gasteiger partial charge on any atom is 0.311 e. The van der Waals surface area contributed by atoms with Gasteiger partial charge in [-0.3, -0.25) is 14.9 Å². The average Bonchev–Trinajstić information content (AvgIpc) is 2.37. The Kier molecular flexibility index (Phi) is 5.01. The molecule has 2 N–H and O–H groups in total. The fourth-order valence-electron chi connectivity index (χ4n) is 1.57. The molecule has 0 heterocycles. The number of aromatic hydroxyl groups is 1. The molecule has 0 atom stereocenters. The van der Waals surface area contributed by atoms with E-state index < -0.39 is 22.3 Å². The predicted molar refractivity (Wildman–Crippen MR) is 67.9 cm³/mol. The normalized spacial score (nSPS) is 9.95. The first kappa shape index (κ1) is 14.7. The van der Waals surface area contributed by atoms with Gasteiger partial charge in [-0.25, -0.2) is 0 Å². The van der Waals surface area contributed by atoms with E-state index in [0.717, 1.165) is 6.07 Å². The van der Waals surface area contributed by atoms with Gasteiger partial charge in [0.15, 0.2) is 0 Å². The summed E-state index contributed by atoms with van der Waals surface area (Å²) in [7, 11) is 0. The number of nitrogens with zero attached hydrogens (tertiary/aromatic N) is 2. The Morgan fingerprint density at radius 3 is 2.74 bits per heavy atom. The van der Waals surface area contributed by atoms with E-state index in [1.54, 1.807) is 0 Å². The fourth-order valence-corrected chi connectivity index (χ4v) is 1.57. The van der Waals surface area contributed by atoms with Crippen molar-refractivity contribution in [3.8, 4) is 5.75 Å². The number of carbonyl (C=O) groups is 1. The quantitative estimate of drug-likeness (QED) is 0.452. The van der Waals surface area contributed by atoms with Crippen molar-refractivity contribution in [2.24, 2.45) is 0 Å². The predicted octanol–water partition coefficient (Wildman–Crippen LogP) is 0.921. The van der Waals surface area contributed by atoms with Crippen molar-refractivity contribution in [1.82, 2.24) is 4.90 Å². The Bertz CT molecular complexity index is 501. The summed E-state index contributed by atoms with van der Waals surface area (Å²) in [4.78, 5) is 23.2. The Balaban J connectivity index is 3.14. The molecule has 0 aliphatic rings. The minimum atomic E-state index is -0.768. The number of rotatable bonds is 6. The lowest BCUT2D eigenvalue weighted by Crippen LogP contribution is -2.33. The third-order valence-electron chi connectivity index (χ3n) is 2.45. The van der Waals surface area contributed by atoms with E-state index in [0.29, 0.717) is 0 Å². The molecule has 0 fully saturated rings. The number of nitro benzene ring substituents is 1. The highest BCUT2D eigenvalue weighted by Crippen LogP contribution is 2.30. The molecule has 19 heavy (non-hydrogen) atoms. The van der Waals surface area contributed by atoms with Crippen molar-refractivity contribution in [2.45, 2.75) is 0 Å². The van der Waals surface area contributed by atoms with Gasteiger partial charge in [-0.15, -0.1) is 6.58 Å². The van der Waals surface area contributed by atoms with Crippen LogP contribution in [0.1, 0.15) is 10.4 Å². The number of hydrogen-bond acceptors (Lipinski definition) is 5. The van der Waals surface area contributed by atoms with Gasteiger partial charge >= 0.3 is 5.69 Å². The van der Waals surface area contributed by atoms with Crippen LogP contribution >= 0.6 is 0 Å². The van der Waals surface area contributed by atoms with E-state index in [9.17, 15) is 20.0 Å². The molecule has 1 rings (SSSR count). The number of nitro groups is 1. The molecule has 0 bridgehead atoms. The maximum atomic E-state index is 12.1. The van der Waals surface area contributed by atoms with Crippen LogP contribution in [0.15, 0.2) is 30.9 Å². The van der Waals surface area contributed by atoms with Crippen LogP contribution in [0.3, 0.4) is 0 Å². The number of aliphatic hydroxyl groups is 1. The third kappa shape index (κ3) is 3.29. The van der Waals surface area contributed by atoms with Gasteiger partial charge in [-0.2, -0.15) is 0 Å². The van der Waals surface area contributed by atoms with Crippen LogP contribution in [0.2, 0.25) is 0 Å². The van der Waals surface area contributed by atoms with Crippen molar-refractivity contribution >= 4 is 11.6 Å². The lowest BCUT2D eigenvalue weighted by atomic mass is 10.1. The zero-order valence-corrected chi connectivity index (χ0v) is 10.2. The monoisotopic (exact) mass is 266 g/mol. The molecule has 1 aromatic rings. The van der Waals surface area contributed by atoms with Crippen molar-refractivity contribution in [2.75, 3.05) is 19.7 Å². The lowest BCUT2D eigenvalue weighted by Gasteiger charge is -2.20. The molecule has 1 aromatic carbocycles. The number of benzene rings is 1. The first-order valence-corrected chi connectivity index (χ1v) is 5.50. The van der Waals surface area contributed by atoms with Crippen molar-refractivity contribution in [3.63, 3.8) is 0 Å². The molecule has 0 aliphatic heterocycles. The molecule has 0 saturated heterocycles. The summed E-state index contributed by atoms with van der Waals surface area (Å²) in [6, 6.07) is 3.71. The van der Waals surface area contributed by atoms with Crippen molar-refractivity contribution in [1.29, 1.82) is 0 Å². The molecular weight excluding hydrogens is 252 g/mol. The van der Waals surface area contributed by atoms with Crippen LogP contribution in [0.5, 0.6) is 5.75 Å². The Morgan fingerprint density at radius 2 is 2.21 bits per heavy atom. The minimum Gasteiger partial charge on any atom is -0.502 e. The molecule has 7 heteroatoms. The Labute approximate surface area is 109 Å². The summed E-state index contributed by atoms with van der Waals surface area (Å²) < 4.78 is 0. The summed E-state index contributed by atoms with van der Waals surface area (Å²) in [6.07, 6.45) is 1.46. The average molecular weight is 266 g/mol. The van der Waals surface area contributed by atoms with Crippen LogP contribution in [0.25, 0.3) is 0 Å². The Hall–Kier alpha value is -2.41. The first-order valence-electron chi connectivity index (χ1n) is 5.50. The number of para-hydroxylation sites is 1. The molecule has 0 saturated carbocycles. The second kappa shape index (κ2) is 6.50. The van der Waals surface area contributed by atoms with Gasteiger partial charge in [-0.1, -0.05) is 12.1 Å². The third-order valence-corrected chi connectivity index (χ3v) is 2.45. The summed E-state index contributed by atoms with van der Waals surface area (Å²) in [6.45, 7) is 3.44. The Morgan fingerprint density at radius 1 is 1.53 bits per heavy atom. The molecule has 7 nitrogen and oxygen atoms in total. The molecule has 102 valence electrons. The topological polar surface area (TPSA) is 104 Å². The van der Waals surface area contributed by atoms with Gasteiger partial charge in [0, 0.05) is 19.2 Å². The highest BCUT2D eigenvalue weighted by Gasteiger charge is 2.23. The smallest absolute Gasteiger partial charge is 0.311 e. The molecule has 0 aromatic heterocycles. The summed E-state index contributed by atoms with van der Waals surface area (Å²) in [5.41, 5.74) is -0.710. The molecule has 0 aliphatic carbocycles. The standard InChI is InChI=1S/C12H14N2O5/c1-2-6-13(7-8-15)12(17)9-4-3-5-10(11(9)16)14(18)19/h2-5,15-16H,1,6-8H2. The van der Waals surface area contributed by atoms with Crippen LogP contribution in [-0.2, 0) is 0 Å². The molecular formula is C12H14N2O5. The van der Waals surface area contributed by atoms with Crippen LogP contribution < -0.4 is 0 Å². The second-order valence-corrected chi connectivity index (χ2v) is 3.69. The van der Waals surface area contributed by atoms with E-state index in [2.05, 4.69) is 6.58 Å². The van der Waals surface area contributed by atoms with Gasteiger partial charge in [0.1, 0.15) is 0 Å². The van der Waals surface area contributed by atoms with E-state index in [-0.39, 0.29) is 25.3 Å². The first-order chi connectivity index (χ1) is 9.02. The second-order valence-electron chi connectivity index (χ2n) is 3.69. The zero-order valence-electron chi connectivity index (χ0n) is 10.2. The zero-order chi connectivity index (χ0) is 14.4.